The van der Waals surface area contributed by atoms with Crippen LogP contribution in [0.25, 0.3) is 0 Å². The molecule has 144 valence electrons. The summed E-state index contributed by atoms with van der Waals surface area (Å²) in [7, 11) is 0. The van der Waals surface area contributed by atoms with Gasteiger partial charge in [-0.05, 0) is 25.5 Å². The highest BCUT2D eigenvalue weighted by Crippen LogP contribution is 2.24. The Kier molecular flexibility index (Phi) is 5.14. The van der Waals surface area contributed by atoms with Gasteiger partial charge in [0.15, 0.2) is 0 Å². The van der Waals surface area contributed by atoms with E-state index in [2.05, 4.69) is 15.1 Å². The molecular formula is C19H23ClFN5O. The first-order valence-electron chi connectivity index (χ1n) is 9.35. The van der Waals surface area contributed by atoms with Crippen LogP contribution in [-0.2, 0) is 24.3 Å². The highest BCUT2D eigenvalue weighted by molar-refractivity contribution is 6.31. The summed E-state index contributed by atoms with van der Waals surface area (Å²) in [6.45, 7) is 5.98. The molecule has 0 spiro atoms. The molecule has 4 rings (SSSR count). The van der Waals surface area contributed by atoms with Crippen LogP contribution in [0.15, 0.2) is 18.2 Å². The number of hydrogen-bond donors (Lipinski definition) is 0. The Labute approximate surface area is 162 Å². The molecule has 1 aromatic carbocycles. The number of fused-ring (bicyclic) bond motifs is 1. The van der Waals surface area contributed by atoms with E-state index < -0.39 is 0 Å². The summed E-state index contributed by atoms with van der Waals surface area (Å²) in [5.41, 5.74) is 0.531. The Hall–Kier alpha value is -1.99. The minimum atomic E-state index is -0.274. The predicted octanol–water partition coefficient (Wildman–Crippen LogP) is 2.29. The largest absolute Gasteiger partial charge is 0.341 e. The van der Waals surface area contributed by atoms with Crippen LogP contribution in [0.1, 0.15) is 23.6 Å². The van der Waals surface area contributed by atoms with Gasteiger partial charge in [-0.25, -0.2) is 4.39 Å². The maximum atomic E-state index is 14.1. The van der Waals surface area contributed by atoms with E-state index in [4.69, 9.17) is 11.6 Å². The average molecular weight is 392 g/mol. The van der Waals surface area contributed by atoms with Crippen molar-refractivity contribution in [3.05, 3.63) is 46.3 Å². The van der Waals surface area contributed by atoms with Crippen molar-refractivity contribution in [1.29, 1.82) is 0 Å². The molecular weight excluding hydrogens is 369 g/mol. The molecule has 2 aliphatic heterocycles. The predicted molar refractivity (Wildman–Crippen MR) is 99.8 cm³/mol. The van der Waals surface area contributed by atoms with Crippen molar-refractivity contribution in [2.75, 3.05) is 26.2 Å². The first-order chi connectivity index (χ1) is 13.0. The van der Waals surface area contributed by atoms with Gasteiger partial charge < -0.3 is 9.47 Å². The highest BCUT2D eigenvalue weighted by Gasteiger charge is 2.33. The van der Waals surface area contributed by atoms with Gasteiger partial charge in [-0.3, -0.25) is 9.69 Å². The van der Waals surface area contributed by atoms with Crippen molar-refractivity contribution < 1.29 is 9.18 Å². The number of amides is 1. The highest BCUT2D eigenvalue weighted by atomic mass is 35.5. The maximum Gasteiger partial charge on any atom is 0.227 e. The molecule has 8 heteroatoms. The monoisotopic (exact) mass is 391 g/mol. The standard InChI is InChI=1S/C19H23ClFN5O/c1-13-22-23-18-10-14(11-26(13)18)19(27)25-7-3-6-24(8-9-25)12-15-16(20)4-2-5-17(15)21/h2,4-5,14H,3,6-12H2,1H3. The summed E-state index contributed by atoms with van der Waals surface area (Å²) < 4.78 is 16.1. The lowest BCUT2D eigenvalue weighted by Crippen LogP contribution is -2.39. The number of nitrogens with zero attached hydrogens (tertiary/aromatic N) is 5. The second-order valence-corrected chi connectivity index (χ2v) is 7.74. The number of aromatic nitrogens is 3. The van der Waals surface area contributed by atoms with E-state index in [1.54, 1.807) is 12.1 Å². The Morgan fingerprint density at radius 2 is 2.11 bits per heavy atom. The lowest BCUT2D eigenvalue weighted by molar-refractivity contribution is -0.135. The van der Waals surface area contributed by atoms with Crippen LogP contribution in [0.3, 0.4) is 0 Å². The van der Waals surface area contributed by atoms with Crippen LogP contribution < -0.4 is 0 Å². The van der Waals surface area contributed by atoms with Gasteiger partial charge in [-0.1, -0.05) is 17.7 Å². The second-order valence-electron chi connectivity index (χ2n) is 7.33. The van der Waals surface area contributed by atoms with Crippen molar-refractivity contribution in [2.24, 2.45) is 5.92 Å². The summed E-state index contributed by atoms with van der Waals surface area (Å²) in [6.07, 6.45) is 1.53. The minimum Gasteiger partial charge on any atom is -0.341 e. The van der Waals surface area contributed by atoms with Crippen molar-refractivity contribution in [3.63, 3.8) is 0 Å². The van der Waals surface area contributed by atoms with E-state index in [-0.39, 0.29) is 17.6 Å². The summed E-state index contributed by atoms with van der Waals surface area (Å²) in [6, 6.07) is 4.77. The smallest absolute Gasteiger partial charge is 0.227 e. The minimum absolute atomic E-state index is 0.0539. The van der Waals surface area contributed by atoms with Gasteiger partial charge in [0.1, 0.15) is 17.5 Å². The second kappa shape index (κ2) is 7.56. The zero-order valence-electron chi connectivity index (χ0n) is 15.4. The fraction of sp³-hybridized carbons (Fsp3) is 0.526. The van der Waals surface area contributed by atoms with Crippen LogP contribution in [0.5, 0.6) is 0 Å². The van der Waals surface area contributed by atoms with Crippen LogP contribution in [-0.4, -0.2) is 56.7 Å². The Bertz CT molecular complexity index is 834. The number of carbonyl (C=O) groups excluding carboxylic acids is 1. The molecule has 1 amide bonds. The molecule has 2 aromatic rings. The van der Waals surface area contributed by atoms with E-state index in [0.717, 1.165) is 31.2 Å². The van der Waals surface area contributed by atoms with Gasteiger partial charge in [0.05, 0.1) is 5.92 Å². The zero-order valence-corrected chi connectivity index (χ0v) is 16.1. The molecule has 1 atom stereocenters. The van der Waals surface area contributed by atoms with E-state index >= 15 is 0 Å². The summed E-state index contributed by atoms with van der Waals surface area (Å²) >= 11 is 6.16. The van der Waals surface area contributed by atoms with Gasteiger partial charge in [0, 0.05) is 56.3 Å². The molecule has 0 bridgehead atoms. The lowest BCUT2D eigenvalue weighted by atomic mass is 10.1. The molecule has 3 heterocycles. The number of aryl methyl sites for hydroxylation is 1. The summed E-state index contributed by atoms with van der Waals surface area (Å²) in [4.78, 5) is 17.1. The van der Waals surface area contributed by atoms with Crippen molar-refractivity contribution in [1.82, 2.24) is 24.6 Å². The topological polar surface area (TPSA) is 54.3 Å². The number of hydrogen-bond acceptors (Lipinski definition) is 4. The van der Waals surface area contributed by atoms with Crippen LogP contribution in [0.4, 0.5) is 4.39 Å². The molecule has 1 fully saturated rings. The van der Waals surface area contributed by atoms with Crippen LogP contribution >= 0.6 is 11.6 Å². The fourth-order valence-corrected chi connectivity index (χ4v) is 4.22. The summed E-state index contributed by atoms with van der Waals surface area (Å²) in [5.74, 6) is 1.62. The normalized spacial score (nSPS) is 20.6. The van der Waals surface area contributed by atoms with Crippen LogP contribution in [0, 0.1) is 18.7 Å². The average Bonchev–Trinajstić information content (AvgIpc) is 3.13. The van der Waals surface area contributed by atoms with Crippen molar-refractivity contribution >= 4 is 17.5 Å². The van der Waals surface area contributed by atoms with Gasteiger partial charge in [-0.15, -0.1) is 10.2 Å². The lowest BCUT2D eigenvalue weighted by Gasteiger charge is -2.24. The molecule has 27 heavy (non-hydrogen) atoms. The van der Waals surface area contributed by atoms with E-state index in [0.29, 0.717) is 43.2 Å². The first kappa shape index (κ1) is 18.4. The van der Waals surface area contributed by atoms with Crippen LogP contribution in [0.2, 0.25) is 5.02 Å². The van der Waals surface area contributed by atoms with Crippen molar-refractivity contribution in [2.45, 2.75) is 32.9 Å². The molecule has 0 N–H and O–H groups in total. The maximum absolute atomic E-state index is 14.1. The fourth-order valence-electron chi connectivity index (χ4n) is 4.00. The first-order valence-corrected chi connectivity index (χ1v) is 9.73. The quantitative estimate of drug-likeness (QED) is 0.805. The molecule has 6 nitrogen and oxygen atoms in total. The molecule has 0 saturated carbocycles. The van der Waals surface area contributed by atoms with Gasteiger partial charge >= 0.3 is 0 Å². The van der Waals surface area contributed by atoms with Gasteiger partial charge in [0.2, 0.25) is 5.91 Å². The number of benzene rings is 1. The molecule has 1 saturated heterocycles. The molecule has 2 aliphatic rings. The Morgan fingerprint density at radius 3 is 2.89 bits per heavy atom. The third kappa shape index (κ3) is 3.71. The molecule has 1 unspecified atom stereocenters. The van der Waals surface area contributed by atoms with E-state index in [9.17, 15) is 9.18 Å². The van der Waals surface area contributed by atoms with Crippen molar-refractivity contribution in [3.8, 4) is 0 Å². The molecule has 0 radical (unpaired) electrons. The third-order valence-electron chi connectivity index (χ3n) is 5.54. The Balaban J connectivity index is 1.37. The number of halogens is 2. The Morgan fingerprint density at radius 1 is 1.26 bits per heavy atom. The number of carbonyl (C=O) groups is 1. The summed E-state index contributed by atoms with van der Waals surface area (Å²) in [5, 5.41) is 8.67. The zero-order chi connectivity index (χ0) is 19.0. The van der Waals surface area contributed by atoms with Gasteiger partial charge in [-0.2, -0.15) is 0 Å². The third-order valence-corrected chi connectivity index (χ3v) is 5.89. The van der Waals surface area contributed by atoms with E-state index in [1.807, 2.05) is 16.4 Å². The SMILES string of the molecule is Cc1nnc2n1CC(C(=O)N1CCCN(Cc3c(F)cccc3Cl)CC1)C2. The van der Waals surface area contributed by atoms with E-state index in [1.165, 1.54) is 6.07 Å². The van der Waals surface area contributed by atoms with Gasteiger partial charge in [0.25, 0.3) is 0 Å². The molecule has 1 aromatic heterocycles. The number of rotatable bonds is 3. The molecule has 0 aliphatic carbocycles.